The van der Waals surface area contributed by atoms with Crippen LogP contribution in [-0.4, -0.2) is 36.7 Å². The predicted molar refractivity (Wildman–Crippen MR) is 90.9 cm³/mol. The SMILES string of the molecule is CN1CCC[C@@H](CNC(=S)Nc2ccc(Cl)cc2Cl)C1. The molecule has 3 nitrogen and oxygen atoms in total. The first-order chi connectivity index (χ1) is 9.54. The van der Waals surface area contributed by atoms with Gasteiger partial charge in [0.05, 0.1) is 10.7 Å². The van der Waals surface area contributed by atoms with E-state index in [2.05, 4.69) is 22.6 Å². The first-order valence-electron chi connectivity index (χ1n) is 6.73. The van der Waals surface area contributed by atoms with Gasteiger partial charge in [-0.25, -0.2) is 0 Å². The van der Waals surface area contributed by atoms with Gasteiger partial charge in [-0.15, -0.1) is 0 Å². The lowest BCUT2D eigenvalue weighted by Crippen LogP contribution is -2.40. The Morgan fingerprint density at radius 2 is 2.25 bits per heavy atom. The predicted octanol–water partition coefficient (Wildman–Crippen LogP) is 3.62. The molecule has 0 saturated carbocycles. The van der Waals surface area contributed by atoms with E-state index >= 15 is 0 Å². The Balaban J connectivity index is 1.80. The van der Waals surface area contributed by atoms with Crippen LogP contribution in [0.1, 0.15) is 12.8 Å². The number of thiocarbonyl (C=S) groups is 1. The summed E-state index contributed by atoms with van der Waals surface area (Å²) in [6.45, 7) is 3.21. The van der Waals surface area contributed by atoms with Crippen LogP contribution in [0.2, 0.25) is 10.0 Å². The van der Waals surface area contributed by atoms with E-state index in [0.29, 0.717) is 21.1 Å². The van der Waals surface area contributed by atoms with E-state index in [4.69, 9.17) is 35.4 Å². The molecule has 0 bridgehead atoms. The van der Waals surface area contributed by atoms with Gasteiger partial charge in [0.15, 0.2) is 5.11 Å². The topological polar surface area (TPSA) is 27.3 Å². The normalized spacial score (nSPS) is 19.6. The van der Waals surface area contributed by atoms with Crippen molar-refractivity contribution in [1.82, 2.24) is 10.2 Å². The van der Waals surface area contributed by atoms with E-state index in [1.54, 1.807) is 12.1 Å². The molecule has 1 aromatic carbocycles. The highest BCUT2D eigenvalue weighted by atomic mass is 35.5. The average Bonchev–Trinajstić information content (AvgIpc) is 2.40. The number of likely N-dealkylation sites (tertiary alicyclic amines) is 1. The molecule has 0 aromatic heterocycles. The van der Waals surface area contributed by atoms with Crippen LogP contribution >= 0.6 is 35.4 Å². The highest BCUT2D eigenvalue weighted by Gasteiger charge is 2.17. The van der Waals surface area contributed by atoms with Crippen LogP contribution in [-0.2, 0) is 0 Å². The summed E-state index contributed by atoms with van der Waals surface area (Å²) in [5.74, 6) is 0.647. The summed E-state index contributed by atoms with van der Waals surface area (Å²) in [6, 6.07) is 5.31. The number of anilines is 1. The van der Waals surface area contributed by atoms with E-state index in [-0.39, 0.29) is 0 Å². The number of benzene rings is 1. The van der Waals surface area contributed by atoms with Crippen LogP contribution in [0.15, 0.2) is 18.2 Å². The second-order valence-electron chi connectivity index (χ2n) is 5.23. The largest absolute Gasteiger partial charge is 0.362 e. The second kappa shape index (κ2) is 7.46. The van der Waals surface area contributed by atoms with Gasteiger partial charge < -0.3 is 15.5 Å². The van der Waals surface area contributed by atoms with Gasteiger partial charge in [0.2, 0.25) is 0 Å². The molecular formula is C14H19Cl2N3S. The molecule has 0 amide bonds. The Kier molecular flexibility index (Phi) is 5.90. The van der Waals surface area contributed by atoms with Crippen molar-refractivity contribution in [2.75, 3.05) is 32.0 Å². The molecule has 20 heavy (non-hydrogen) atoms. The molecule has 1 atom stereocenters. The van der Waals surface area contributed by atoms with Crippen LogP contribution in [0.25, 0.3) is 0 Å². The van der Waals surface area contributed by atoms with E-state index in [1.807, 2.05) is 6.07 Å². The number of piperidine rings is 1. The summed E-state index contributed by atoms with van der Waals surface area (Å²) in [5, 5.41) is 8.15. The van der Waals surface area contributed by atoms with Crippen molar-refractivity contribution < 1.29 is 0 Å². The minimum absolute atomic E-state index is 0.569. The summed E-state index contributed by atoms with van der Waals surface area (Å²) in [6.07, 6.45) is 2.51. The molecule has 1 heterocycles. The first-order valence-corrected chi connectivity index (χ1v) is 7.89. The third-order valence-electron chi connectivity index (χ3n) is 3.45. The molecule has 1 saturated heterocycles. The maximum atomic E-state index is 6.10. The van der Waals surface area contributed by atoms with Gasteiger partial charge in [0.1, 0.15) is 0 Å². The Labute approximate surface area is 135 Å². The van der Waals surface area contributed by atoms with Gasteiger partial charge in [0.25, 0.3) is 0 Å². The van der Waals surface area contributed by atoms with Gasteiger partial charge in [-0.3, -0.25) is 0 Å². The zero-order chi connectivity index (χ0) is 14.5. The molecule has 1 aliphatic rings. The maximum Gasteiger partial charge on any atom is 0.170 e. The zero-order valence-electron chi connectivity index (χ0n) is 11.5. The molecule has 0 aliphatic carbocycles. The van der Waals surface area contributed by atoms with Crippen LogP contribution in [0, 0.1) is 5.92 Å². The lowest BCUT2D eigenvalue weighted by Gasteiger charge is -2.30. The van der Waals surface area contributed by atoms with E-state index in [0.717, 1.165) is 18.8 Å². The van der Waals surface area contributed by atoms with E-state index in [9.17, 15) is 0 Å². The number of nitrogens with one attached hydrogen (secondary N) is 2. The van der Waals surface area contributed by atoms with Gasteiger partial charge in [-0.2, -0.15) is 0 Å². The fourth-order valence-electron chi connectivity index (χ4n) is 2.43. The minimum Gasteiger partial charge on any atom is -0.362 e. The molecule has 1 aliphatic heterocycles. The van der Waals surface area contributed by atoms with Crippen molar-refractivity contribution in [2.24, 2.45) is 5.92 Å². The van der Waals surface area contributed by atoms with Crippen LogP contribution < -0.4 is 10.6 Å². The third-order valence-corrected chi connectivity index (χ3v) is 4.25. The van der Waals surface area contributed by atoms with E-state index in [1.165, 1.54) is 19.4 Å². The van der Waals surface area contributed by atoms with Crippen LogP contribution in [0.4, 0.5) is 5.69 Å². The fraction of sp³-hybridized carbons (Fsp3) is 0.500. The second-order valence-corrected chi connectivity index (χ2v) is 6.48. The monoisotopic (exact) mass is 331 g/mol. The van der Waals surface area contributed by atoms with Crippen molar-refractivity contribution in [1.29, 1.82) is 0 Å². The highest BCUT2D eigenvalue weighted by Crippen LogP contribution is 2.25. The van der Waals surface area contributed by atoms with Crippen LogP contribution in [0.3, 0.4) is 0 Å². The number of hydrogen-bond acceptors (Lipinski definition) is 2. The lowest BCUT2D eigenvalue weighted by molar-refractivity contribution is 0.211. The molecule has 0 unspecified atom stereocenters. The minimum atomic E-state index is 0.569. The lowest BCUT2D eigenvalue weighted by atomic mass is 9.99. The zero-order valence-corrected chi connectivity index (χ0v) is 13.8. The molecule has 1 fully saturated rings. The molecule has 0 spiro atoms. The highest BCUT2D eigenvalue weighted by molar-refractivity contribution is 7.80. The smallest absolute Gasteiger partial charge is 0.170 e. The molecule has 6 heteroatoms. The van der Waals surface area contributed by atoms with Gasteiger partial charge in [-0.1, -0.05) is 23.2 Å². The van der Waals surface area contributed by atoms with Crippen molar-refractivity contribution in [3.8, 4) is 0 Å². The number of halogens is 2. The fourth-order valence-corrected chi connectivity index (χ4v) is 3.08. The Morgan fingerprint density at radius 1 is 1.45 bits per heavy atom. The molecule has 110 valence electrons. The summed E-state index contributed by atoms with van der Waals surface area (Å²) >= 11 is 17.3. The maximum absolute atomic E-state index is 6.10. The molecule has 0 radical (unpaired) electrons. The van der Waals surface area contributed by atoms with Gasteiger partial charge >= 0.3 is 0 Å². The van der Waals surface area contributed by atoms with E-state index < -0.39 is 0 Å². The Bertz CT molecular complexity index is 481. The summed E-state index contributed by atoms with van der Waals surface area (Å²) in [5.41, 5.74) is 0.773. The van der Waals surface area contributed by atoms with Gasteiger partial charge in [-0.05, 0) is 62.8 Å². The first kappa shape index (κ1) is 15.8. The summed E-state index contributed by atoms with van der Waals surface area (Å²) in [4.78, 5) is 2.36. The Morgan fingerprint density at radius 3 is 2.95 bits per heavy atom. The Hall–Kier alpha value is -0.550. The molecule has 1 aromatic rings. The van der Waals surface area contributed by atoms with Crippen molar-refractivity contribution in [3.05, 3.63) is 28.2 Å². The molecular weight excluding hydrogens is 313 g/mol. The van der Waals surface area contributed by atoms with Crippen molar-refractivity contribution in [2.45, 2.75) is 12.8 Å². The standard InChI is InChI=1S/C14H19Cl2N3S/c1-19-6-2-3-10(9-19)8-17-14(20)18-13-5-4-11(15)7-12(13)16/h4-5,7,10H,2-3,6,8-9H2,1H3,(H2,17,18,20)/t10-/m0/s1. The molecule has 2 rings (SSSR count). The van der Waals surface area contributed by atoms with Crippen LogP contribution in [0.5, 0.6) is 0 Å². The van der Waals surface area contributed by atoms with Crippen molar-refractivity contribution >= 4 is 46.2 Å². The number of hydrogen-bond donors (Lipinski definition) is 2. The molecule has 2 N–H and O–H groups in total. The third kappa shape index (κ3) is 4.77. The number of nitrogens with zero attached hydrogens (tertiary/aromatic N) is 1. The quantitative estimate of drug-likeness (QED) is 0.827. The summed E-state index contributed by atoms with van der Waals surface area (Å²) in [7, 11) is 2.16. The van der Waals surface area contributed by atoms with Crippen molar-refractivity contribution in [3.63, 3.8) is 0 Å². The average molecular weight is 332 g/mol. The van der Waals surface area contributed by atoms with Gasteiger partial charge in [0, 0.05) is 18.1 Å². The number of rotatable bonds is 3. The summed E-state index contributed by atoms with van der Waals surface area (Å²) < 4.78 is 0.